The van der Waals surface area contributed by atoms with E-state index < -0.39 is 10.0 Å². The fourth-order valence-electron chi connectivity index (χ4n) is 2.40. The molecule has 0 atom stereocenters. The van der Waals surface area contributed by atoms with E-state index in [2.05, 4.69) is 4.72 Å². The zero-order chi connectivity index (χ0) is 14.7. The molecule has 1 fully saturated rings. The van der Waals surface area contributed by atoms with Crippen LogP contribution in [0.2, 0.25) is 0 Å². The molecule has 2 aromatic rings. The van der Waals surface area contributed by atoms with Crippen molar-refractivity contribution in [3.63, 3.8) is 0 Å². The summed E-state index contributed by atoms with van der Waals surface area (Å²) in [7, 11) is -3.49. The first-order chi connectivity index (χ1) is 10.1. The first-order valence-electron chi connectivity index (χ1n) is 6.90. The molecule has 0 bridgehead atoms. The lowest BCUT2D eigenvalue weighted by Crippen LogP contribution is -2.13. The van der Waals surface area contributed by atoms with Gasteiger partial charge in [0.25, 0.3) is 10.0 Å². The van der Waals surface area contributed by atoms with E-state index in [9.17, 15) is 8.42 Å². The van der Waals surface area contributed by atoms with Crippen LogP contribution in [-0.4, -0.2) is 21.6 Å². The van der Waals surface area contributed by atoms with E-state index in [0.717, 1.165) is 26.1 Å². The third kappa shape index (κ3) is 3.45. The highest BCUT2D eigenvalue weighted by Gasteiger charge is 2.19. The number of rotatable bonds is 4. The quantitative estimate of drug-likeness (QED) is 0.937. The topological polar surface area (TPSA) is 55.4 Å². The molecule has 0 radical (unpaired) electrons. The van der Waals surface area contributed by atoms with Crippen LogP contribution in [0, 0.1) is 0 Å². The monoisotopic (exact) mass is 323 g/mol. The molecule has 2 heterocycles. The smallest absolute Gasteiger partial charge is 0.262 e. The van der Waals surface area contributed by atoms with Crippen LogP contribution >= 0.6 is 11.3 Å². The maximum atomic E-state index is 12.3. The van der Waals surface area contributed by atoms with Crippen molar-refractivity contribution < 1.29 is 13.2 Å². The van der Waals surface area contributed by atoms with Crippen LogP contribution in [0.1, 0.15) is 23.6 Å². The highest BCUT2D eigenvalue weighted by atomic mass is 32.2. The Morgan fingerprint density at radius 1 is 1.05 bits per heavy atom. The number of hydrogen-bond acceptors (Lipinski definition) is 4. The number of sulfonamides is 1. The molecule has 3 rings (SSSR count). The van der Waals surface area contributed by atoms with Crippen molar-refractivity contribution in [1.29, 1.82) is 0 Å². The lowest BCUT2D eigenvalue weighted by Gasteiger charge is -2.20. The normalized spacial score (nSPS) is 16.8. The number of hydrogen-bond donors (Lipinski definition) is 1. The van der Waals surface area contributed by atoms with Crippen molar-refractivity contribution in [2.45, 2.75) is 23.7 Å². The SMILES string of the molecule is O=S(=O)(Nc1ccc(C2CCOCC2)s1)c1ccccc1. The molecule has 4 nitrogen and oxygen atoms in total. The van der Waals surface area contributed by atoms with E-state index in [0.29, 0.717) is 10.9 Å². The highest BCUT2D eigenvalue weighted by molar-refractivity contribution is 7.93. The summed E-state index contributed by atoms with van der Waals surface area (Å²) in [4.78, 5) is 1.51. The molecule has 21 heavy (non-hydrogen) atoms. The number of anilines is 1. The van der Waals surface area contributed by atoms with E-state index in [1.807, 2.05) is 12.1 Å². The molecule has 1 aliphatic rings. The predicted octanol–water partition coefficient (Wildman–Crippen LogP) is 3.44. The van der Waals surface area contributed by atoms with Crippen LogP contribution in [0.5, 0.6) is 0 Å². The zero-order valence-corrected chi connectivity index (χ0v) is 13.1. The Labute approximate surface area is 128 Å². The van der Waals surface area contributed by atoms with Gasteiger partial charge in [0.05, 0.1) is 4.90 Å². The third-order valence-corrected chi connectivity index (χ3v) is 6.21. The Bertz CT molecular complexity index is 689. The molecule has 0 unspecified atom stereocenters. The zero-order valence-electron chi connectivity index (χ0n) is 11.5. The van der Waals surface area contributed by atoms with Gasteiger partial charge in [-0.15, -0.1) is 11.3 Å². The Morgan fingerprint density at radius 2 is 1.76 bits per heavy atom. The summed E-state index contributed by atoms with van der Waals surface area (Å²) in [6.07, 6.45) is 2.01. The first kappa shape index (κ1) is 14.6. The summed E-state index contributed by atoms with van der Waals surface area (Å²) in [6, 6.07) is 12.3. The van der Waals surface area contributed by atoms with Crippen LogP contribution in [-0.2, 0) is 14.8 Å². The Morgan fingerprint density at radius 3 is 2.48 bits per heavy atom. The molecule has 1 saturated heterocycles. The van der Waals surface area contributed by atoms with Gasteiger partial charge in [-0.1, -0.05) is 18.2 Å². The second-order valence-corrected chi connectivity index (χ2v) is 7.80. The van der Waals surface area contributed by atoms with Gasteiger partial charge in [0.1, 0.15) is 5.00 Å². The van der Waals surface area contributed by atoms with Gasteiger partial charge in [0, 0.05) is 18.1 Å². The fourth-order valence-corrected chi connectivity index (χ4v) is 4.79. The largest absolute Gasteiger partial charge is 0.381 e. The molecule has 0 spiro atoms. The predicted molar refractivity (Wildman–Crippen MR) is 84.4 cm³/mol. The Hall–Kier alpha value is -1.37. The standard InChI is InChI=1S/C15H17NO3S2/c17-21(18,13-4-2-1-3-5-13)16-15-7-6-14(20-15)12-8-10-19-11-9-12/h1-7,12,16H,8-11H2. The molecule has 0 amide bonds. The molecule has 6 heteroatoms. The summed E-state index contributed by atoms with van der Waals surface area (Å²) in [5.74, 6) is 0.485. The van der Waals surface area contributed by atoms with Crippen molar-refractivity contribution in [1.82, 2.24) is 0 Å². The molecule has 0 saturated carbocycles. The maximum Gasteiger partial charge on any atom is 0.262 e. The lowest BCUT2D eigenvalue weighted by molar-refractivity contribution is 0.0860. The van der Waals surface area contributed by atoms with Gasteiger partial charge in [-0.3, -0.25) is 4.72 Å². The molecular weight excluding hydrogens is 306 g/mol. The fraction of sp³-hybridized carbons (Fsp3) is 0.333. The van der Waals surface area contributed by atoms with Gasteiger partial charge in [-0.2, -0.15) is 0 Å². The number of benzene rings is 1. The van der Waals surface area contributed by atoms with Crippen LogP contribution in [0.25, 0.3) is 0 Å². The molecule has 1 aromatic carbocycles. The summed E-state index contributed by atoms with van der Waals surface area (Å²) < 4.78 is 32.5. The summed E-state index contributed by atoms with van der Waals surface area (Å²) >= 11 is 1.52. The minimum absolute atomic E-state index is 0.283. The average molecular weight is 323 g/mol. The van der Waals surface area contributed by atoms with Crippen molar-refractivity contribution >= 4 is 26.4 Å². The molecule has 1 aromatic heterocycles. The third-order valence-electron chi connectivity index (χ3n) is 3.54. The first-order valence-corrected chi connectivity index (χ1v) is 9.20. The van der Waals surface area contributed by atoms with E-state index in [1.54, 1.807) is 30.3 Å². The summed E-state index contributed by atoms with van der Waals surface area (Å²) in [6.45, 7) is 1.57. The molecule has 1 aliphatic heterocycles. The van der Waals surface area contributed by atoms with Gasteiger partial charge < -0.3 is 4.74 Å². The summed E-state index contributed by atoms with van der Waals surface area (Å²) in [5.41, 5.74) is 0. The summed E-state index contributed by atoms with van der Waals surface area (Å²) in [5, 5.41) is 0.667. The average Bonchev–Trinajstić information content (AvgIpc) is 2.97. The lowest BCUT2D eigenvalue weighted by atomic mass is 9.99. The van der Waals surface area contributed by atoms with Gasteiger partial charge in [-0.05, 0) is 43.0 Å². The van der Waals surface area contributed by atoms with Crippen LogP contribution in [0.4, 0.5) is 5.00 Å². The van der Waals surface area contributed by atoms with Crippen molar-refractivity contribution in [2.24, 2.45) is 0 Å². The molecule has 0 aliphatic carbocycles. The maximum absolute atomic E-state index is 12.3. The van der Waals surface area contributed by atoms with E-state index >= 15 is 0 Å². The van der Waals surface area contributed by atoms with Crippen LogP contribution in [0.3, 0.4) is 0 Å². The Balaban J connectivity index is 1.75. The van der Waals surface area contributed by atoms with Gasteiger partial charge in [0.2, 0.25) is 0 Å². The highest BCUT2D eigenvalue weighted by Crippen LogP contribution is 2.35. The van der Waals surface area contributed by atoms with Crippen LogP contribution < -0.4 is 4.72 Å². The number of nitrogens with one attached hydrogen (secondary N) is 1. The number of thiophene rings is 1. The second-order valence-electron chi connectivity index (χ2n) is 5.01. The van der Waals surface area contributed by atoms with Gasteiger partial charge in [0.15, 0.2) is 0 Å². The van der Waals surface area contributed by atoms with Crippen molar-refractivity contribution in [3.8, 4) is 0 Å². The van der Waals surface area contributed by atoms with E-state index in [-0.39, 0.29) is 4.90 Å². The van der Waals surface area contributed by atoms with Gasteiger partial charge in [-0.25, -0.2) is 8.42 Å². The Kier molecular flexibility index (Phi) is 4.28. The van der Waals surface area contributed by atoms with Gasteiger partial charge >= 0.3 is 0 Å². The van der Waals surface area contributed by atoms with Crippen LogP contribution in [0.15, 0.2) is 47.4 Å². The minimum Gasteiger partial charge on any atom is -0.381 e. The van der Waals surface area contributed by atoms with Crippen molar-refractivity contribution in [2.75, 3.05) is 17.9 Å². The van der Waals surface area contributed by atoms with Crippen molar-refractivity contribution in [3.05, 3.63) is 47.3 Å². The minimum atomic E-state index is -3.49. The molecule has 112 valence electrons. The number of ether oxygens (including phenoxy) is 1. The molecular formula is C15H17NO3S2. The molecule has 1 N–H and O–H groups in total. The van der Waals surface area contributed by atoms with E-state index in [1.165, 1.54) is 16.2 Å². The van der Waals surface area contributed by atoms with E-state index in [4.69, 9.17) is 4.74 Å². The second kappa shape index (κ2) is 6.17.